The summed E-state index contributed by atoms with van der Waals surface area (Å²) in [5.41, 5.74) is 8.12. The molecule has 0 unspecified atom stereocenters. The second-order valence-corrected chi connectivity index (χ2v) is 5.52. The molecule has 1 heterocycles. The van der Waals surface area contributed by atoms with Gasteiger partial charge in [0.1, 0.15) is 5.75 Å². The lowest BCUT2D eigenvalue weighted by Crippen LogP contribution is -2.30. The van der Waals surface area contributed by atoms with Gasteiger partial charge in [-0.2, -0.15) is 0 Å². The van der Waals surface area contributed by atoms with Crippen molar-refractivity contribution in [3.05, 3.63) is 59.7 Å². The molecule has 4 heteroatoms. The van der Waals surface area contributed by atoms with Gasteiger partial charge in [-0.1, -0.05) is 24.3 Å². The van der Waals surface area contributed by atoms with E-state index in [1.54, 1.807) is 19.2 Å². The molecule has 0 spiro atoms. The molecule has 22 heavy (non-hydrogen) atoms. The van der Waals surface area contributed by atoms with Gasteiger partial charge in [-0.3, -0.25) is 4.79 Å². The molecule has 4 nitrogen and oxygen atoms in total. The van der Waals surface area contributed by atoms with E-state index in [9.17, 15) is 4.79 Å². The van der Waals surface area contributed by atoms with E-state index in [4.69, 9.17) is 10.5 Å². The van der Waals surface area contributed by atoms with Crippen LogP contribution in [0.15, 0.2) is 48.5 Å². The summed E-state index contributed by atoms with van der Waals surface area (Å²) in [7, 11) is 1.66. The number of para-hydroxylation sites is 1. The van der Waals surface area contributed by atoms with Gasteiger partial charge in [0.15, 0.2) is 0 Å². The fourth-order valence-electron chi connectivity index (χ4n) is 3.11. The number of amides is 1. The summed E-state index contributed by atoms with van der Waals surface area (Å²) in [6, 6.07) is 15.1. The Balaban J connectivity index is 1.92. The highest BCUT2D eigenvalue weighted by Crippen LogP contribution is 2.37. The second kappa shape index (κ2) is 6.10. The van der Waals surface area contributed by atoms with Crippen LogP contribution in [0.2, 0.25) is 0 Å². The maximum atomic E-state index is 12.8. The summed E-state index contributed by atoms with van der Waals surface area (Å²) in [5.74, 6) is 0.862. The molecule has 0 aliphatic carbocycles. The van der Waals surface area contributed by atoms with Crippen LogP contribution in [0.5, 0.6) is 5.75 Å². The van der Waals surface area contributed by atoms with Gasteiger partial charge in [-0.05, 0) is 37.1 Å². The molecule has 114 valence electrons. The fourth-order valence-corrected chi connectivity index (χ4v) is 3.11. The molecule has 0 bridgehead atoms. The van der Waals surface area contributed by atoms with Crippen molar-refractivity contribution in [2.45, 2.75) is 18.9 Å². The van der Waals surface area contributed by atoms with Crippen LogP contribution >= 0.6 is 0 Å². The molecular formula is C18H20N2O2. The van der Waals surface area contributed by atoms with E-state index in [1.807, 2.05) is 41.3 Å². The molecule has 2 aromatic carbocycles. The van der Waals surface area contributed by atoms with Gasteiger partial charge in [0.25, 0.3) is 5.91 Å². The summed E-state index contributed by atoms with van der Waals surface area (Å²) in [5, 5.41) is 0. The van der Waals surface area contributed by atoms with E-state index >= 15 is 0 Å². The summed E-state index contributed by atoms with van der Waals surface area (Å²) in [6.07, 6.45) is 1.95. The number of ether oxygens (including phenoxy) is 1. The maximum absolute atomic E-state index is 12.8. The number of carbonyl (C=O) groups is 1. The van der Waals surface area contributed by atoms with E-state index < -0.39 is 0 Å². The smallest absolute Gasteiger partial charge is 0.254 e. The number of benzene rings is 2. The number of hydrogen-bond donors (Lipinski definition) is 1. The highest BCUT2D eigenvalue weighted by atomic mass is 16.5. The lowest BCUT2D eigenvalue weighted by Gasteiger charge is -2.26. The zero-order valence-corrected chi connectivity index (χ0v) is 12.7. The van der Waals surface area contributed by atoms with Crippen LogP contribution in [0.3, 0.4) is 0 Å². The first-order valence-electron chi connectivity index (χ1n) is 7.50. The number of rotatable bonds is 3. The molecule has 2 N–H and O–H groups in total. The van der Waals surface area contributed by atoms with Crippen molar-refractivity contribution in [3.8, 4) is 5.75 Å². The van der Waals surface area contributed by atoms with Crippen LogP contribution in [-0.4, -0.2) is 24.5 Å². The Hall–Kier alpha value is -2.49. The topological polar surface area (TPSA) is 55.6 Å². The van der Waals surface area contributed by atoms with Crippen LogP contribution < -0.4 is 10.5 Å². The van der Waals surface area contributed by atoms with Crippen molar-refractivity contribution >= 4 is 11.6 Å². The number of likely N-dealkylation sites (tertiary alicyclic amines) is 1. The number of nitrogens with two attached hydrogens (primary N) is 1. The molecule has 0 radical (unpaired) electrons. The van der Waals surface area contributed by atoms with Crippen molar-refractivity contribution in [1.29, 1.82) is 0 Å². The Morgan fingerprint density at radius 3 is 2.82 bits per heavy atom. The summed E-state index contributed by atoms with van der Waals surface area (Å²) < 4.78 is 5.45. The monoisotopic (exact) mass is 296 g/mol. The number of anilines is 1. The molecule has 2 aromatic rings. The van der Waals surface area contributed by atoms with Crippen LogP contribution in [-0.2, 0) is 0 Å². The van der Waals surface area contributed by atoms with Crippen molar-refractivity contribution in [2.24, 2.45) is 0 Å². The zero-order valence-electron chi connectivity index (χ0n) is 12.7. The van der Waals surface area contributed by atoms with Crippen LogP contribution in [0.4, 0.5) is 5.69 Å². The number of carbonyl (C=O) groups excluding carboxylic acids is 1. The largest absolute Gasteiger partial charge is 0.496 e. The average molecular weight is 296 g/mol. The lowest BCUT2D eigenvalue weighted by atomic mass is 10.0. The highest BCUT2D eigenvalue weighted by Gasteiger charge is 2.32. The van der Waals surface area contributed by atoms with E-state index in [0.717, 1.165) is 30.7 Å². The predicted molar refractivity (Wildman–Crippen MR) is 86.9 cm³/mol. The highest BCUT2D eigenvalue weighted by molar-refractivity contribution is 5.95. The number of methoxy groups -OCH3 is 1. The third-order valence-electron chi connectivity index (χ3n) is 4.15. The van der Waals surface area contributed by atoms with Gasteiger partial charge in [-0.15, -0.1) is 0 Å². The molecule has 1 fully saturated rings. The Morgan fingerprint density at radius 2 is 2.05 bits per heavy atom. The maximum Gasteiger partial charge on any atom is 0.254 e. The standard InChI is InChI=1S/C18H20N2O2/c1-22-17-10-3-2-8-15(17)16-9-5-11-20(16)18(21)13-6-4-7-14(19)12-13/h2-4,6-8,10,12,16H,5,9,11,19H2,1H3/t16-/m0/s1. The van der Waals surface area contributed by atoms with E-state index in [1.165, 1.54) is 0 Å². The average Bonchev–Trinajstić information content (AvgIpc) is 3.03. The van der Waals surface area contributed by atoms with Gasteiger partial charge in [0, 0.05) is 23.4 Å². The minimum absolute atomic E-state index is 0.0284. The van der Waals surface area contributed by atoms with Crippen LogP contribution in [0.25, 0.3) is 0 Å². The predicted octanol–water partition coefficient (Wildman–Crippen LogP) is 3.25. The van der Waals surface area contributed by atoms with Crippen molar-refractivity contribution in [2.75, 3.05) is 19.4 Å². The second-order valence-electron chi connectivity index (χ2n) is 5.52. The molecular weight excluding hydrogens is 276 g/mol. The quantitative estimate of drug-likeness (QED) is 0.885. The molecule has 0 saturated carbocycles. The van der Waals surface area contributed by atoms with Gasteiger partial charge in [-0.25, -0.2) is 0 Å². The third kappa shape index (κ3) is 2.64. The van der Waals surface area contributed by atoms with Crippen molar-refractivity contribution in [3.63, 3.8) is 0 Å². The zero-order chi connectivity index (χ0) is 15.5. The molecule has 1 saturated heterocycles. The fraction of sp³-hybridized carbons (Fsp3) is 0.278. The molecule has 0 aromatic heterocycles. The van der Waals surface area contributed by atoms with Gasteiger partial charge >= 0.3 is 0 Å². The normalized spacial score (nSPS) is 17.5. The Bertz CT molecular complexity index is 684. The summed E-state index contributed by atoms with van der Waals surface area (Å²) in [4.78, 5) is 14.7. The summed E-state index contributed by atoms with van der Waals surface area (Å²) >= 11 is 0. The lowest BCUT2D eigenvalue weighted by molar-refractivity contribution is 0.0734. The molecule has 1 atom stereocenters. The Labute approximate surface area is 130 Å². The first-order chi connectivity index (χ1) is 10.7. The minimum atomic E-state index is 0.0284. The van der Waals surface area contributed by atoms with Crippen molar-refractivity contribution in [1.82, 2.24) is 4.90 Å². The van der Waals surface area contributed by atoms with Gasteiger partial charge < -0.3 is 15.4 Å². The summed E-state index contributed by atoms with van der Waals surface area (Å²) in [6.45, 7) is 0.760. The first kappa shape index (κ1) is 14.4. The Kier molecular flexibility index (Phi) is 4.00. The molecule has 1 aliphatic rings. The molecule has 1 aliphatic heterocycles. The van der Waals surface area contributed by atoms with Crippen LogP contribution in [0.1, 0.15) is 34.8 Å². The van der Waals surface area contributed by atoms with Gasteiger partial charge in [0.2, 0.25) is 0 Å². The SMILES string of the molecule is COc1ccccc1[C@@H]1CCCN1C(=O)c1cccc(N)c1. The molecule has 3 rings (SSSR count). The van der Waals surface area contributed by atoms with Crippen LogP contribution in [0, 0.1) is 0 Å². The number of hydrogen-bond acceptors (Lipinski definition) is 3. The number of nitrogens with zero attached hydrogens (tertiary/aromatic N) is 1. The molecule has 1 amide bonds. The van der Waals surface area contributed by atoms with Crippen molar-refractivity contribution < 1.29 is 9.53 Å². The third-order valence-corrected chi connectivity index (χ3v) is 4.15. The van der Waals surface area contributed by atoms with E-state index in [-0.39, 0.29) is 11.9 Å². The number of nitrogen functional groups attached to an aromatic ring is 1. The van der Waals surface area contributed by atoms with E-state index in [2.05, 4.69) is 0 Å². The minimum Gasteiger partial charge on any atom is -0.496 e. The Morgan fingerprint density at radius 1 is 1.23 bits per heavy atom. The van der Waals surface area contributed by atoms with E-state index in [0.29, 0.717) is 11.3 Å². The first-order valence-corrected chi connectivity index (χ1v) is 7.50. The van der Waals surface area contributed by atoms with Gasteiger partial charge in [0.05, 0.1) is 13.2 Å².